The van der Waals surface area contributed by atoms with Crippen LogP contribution in [-0.2, 0) is 16.6 Å². The molecule has 126 valence electrons. The summed E-state index contributed by atoms with van der Waals surface area (Å²) in [5.74, 6) is 0.155. The number of amides is 2. The number of carbonyl (C=O) groups is 2. The molecular formula is C17H25N3O3. The number of hydrogen-bond acceptors (Lipinski definition) is 3. The molecule has 6 heteroatoms. The molecule has 0 bridgehead atoms. The van der Waals surface area contributed by atoms with E-state index in [2.05, 4.69) is 0 Å². The van der Waals surface area contributed by atoms with Crippen molar-refractivity contribution in [2.75, 3.05) is 32.8 Å². The number of aryl methyl sites for hydroxylation is 1. The van der Waals surface area contributed by atoms with Crippen LogP contribution in [0.2, 0.25) is 0 Å². The van der Waals surface area contributed by atoms with Gasteiger partial charge in [0, 0.05) is 51.7 Å². The van der Waals surface area contributed by atoms with E-state index in [1.807, 2.05) is 40.6 Å². The Hall–Kier alpha value is -1.82. The summed E-state index contributed by atoms with van der Waals surface area (Å²) < 4.78 is 7.45. The largest absolute Gasteiger partial charge is 0.368 e. The quantitative estimate of drug-likeness (QED) is 0.823. The molecule has 2 fully saturated rings. The van der Waals surface area contributed by atoms with Crippen LogP contribution in [0.3, 0.4) is 0 Å². The second-order valence-electron chi connectivity index (χ2n) is 6.40. The van der Waals surface area contributed by atoms with Crippen LogP contribution in [0.25, 0.3) is 0 Å². The van der Waals surface area contributed by atoms with Crippen LogP contribution >= 0.6 is 0 Å². The lowest BCUT2D eigenvalue weighted by Crippen LogP contribution is -2.41. The van der Waals surface area contributed by atoms with Crippen molar-refractivity contribution in [2.45, 2.75) is 32.3 Å². The number of hydrogen-bond donors (Lipinski definition) is 0. The van der Waals surface area contributed by atoms with Crippen molar-refractivity contribution in [3.63, 3.8) is 0 Å². The van der Waals surface area contributed by atoms with Gasteiger partial charge in [0.25, 0.3) is 11.8 Å². The third-order valence-electron chi connectivity index (χ3n) is 4.91. The zero-order chi connectivity index (χ0) is 16.4. The predicted octanol–water partition coefficient (Wildman–Crippen LogP) is 1.19. The Kier molecular flexibility index (Phi) is 4.71. The Morgan fingerprint density at radius 2 is 1.87 bits per heavy atom. The molecule has 0 N–H and O–H groups in total. The zero-order valence-corrected chi connectivity index (χ0v) is 14.0. The fourth-order valence-electron chi connectivity index (χ4n) is 3.32. The van der Waals surface area contributed by atoms with Gasteiger partial charge < -0.3 is 19.1 Å². The van der Waals surface area contributed by atoms with Crippen LogP contribution in [0.15, 0.2) is 12.3 Å². The van der Waals surface area contributed by atoms with E-state index >= 15 is 0 Å². The summed E-state index contributed by atoms with van der Waals surface area (Å²) in [5.41, 5.74) is 1.73. The highest BCUT2D eigenvalue weighted by molar-refractivity contribution is 5.95. The fourth-order valence-corrected chi connectivity index (χ4v) is 3.32. The first kappa shape index (κ1) is 16.1. The van der Waals surface area contributed by atoms with Gasteiger partial charge in [0.2, 0.25) is 0 Å². The molecule has 3 rings (SSSR count). The first-order valence-corrected chi connectivity index (χ1v) is 8.39. The summed E-state index contributed by atoms with van der Waals surface area (Å²) in [7, 11) is 1.94. The highest BCUT2D eigenvalue weighted by Crippen LogP contribution is 2.17. The van der Waals surface area contributed by atoms with Gasteiger partial charge in [-0.3, -0.25) is 9.59 Å². The predicted molar refractivity (Wildman–Crippen MR) is 86.2 cm³/mol. The summed E-state index contributed by atoms with van der Waals surface area (Å²) in [4.78, 5) is 28.9. The normalized spacial score (nSPS) is 22.3. The average Bonchev–Trinajstić information content (AvgIpc) is 3.11. The molecule has 0 saturated carbocycles. The Labute approximate surface area is 137 Å². The first-order valence-electron chi connectivity index (χ1n) is 8.39. The average molecular weight is 319 g/mol. The Balaban J connectivity index is 1.63. The minimum Gasteiger partial charge on any atom is -0.368 e. The lowest BCUT2D eigenvalue weighted by atomic mass is 10.2. The van der Waals surface area contributed by atoms with Crippen LogP contribution in [0, 0.1) is 6.92 Å². The van der Waals surface area contributed by atoms with Crippen molar-refractivity contribution in [3.05, 3.63) is 23.5 Å². The molecule has 23 heavy (non-hydrogen) atoms. The number of carbonyl (C=O) groups excluding carboxylic acids is 2. The van der Waals surface area contributed by atoms with E-state index in [9.17, 15) is 9.59 Å². The lowest BCUT2D eigenvalue weighted by molar-refractivity contribution is -0.140. The van der Waals surface area contributed by atoms with E-state index in [0.717, 1.165) is 30.5 Å². The molecule has 0 aliphatic carbocycles. The van der Waals surface area contributed by atoms with E-state index in [1.54, 1.807) is 0 Å². The van der Waals surface area contributed by atoms with Crippen molar-refractivity contribution in [2.24, 2.45) is 7.05 Å². The molecule has 2 saturated heterocycles. The van der Waals surface area contributed by atoms with Crippen molar-refractivity contribution in [1.29, 1.82) is 0 Å². The summed E-state index contributed by atoms with van der Waals surface area (Å²) in [5, 5.41) is 0. The van der Waals surface area contributed by atoms with E-state index in [0.29, 0.717) is 32.8 Å². The Bertz CT molecular complexity index is 590. The van der Waals surface area contributed by atoms with Gasteiger partial charge in [-0.05, 0) is 32.3 Å². The second kappa shape index (κ2) is 6.74. The minimum absolute atomic E-state index is 0.0644. The second-order valence-corrected chi connectivity index (χ2v) is 6.40. The molecule has 0 aromatic carbocycles. The lowest BCUT2D eigenvalue weighted by Gasteiger charge is -2.24. The SMILES string of the molecule is Cc1c(C(=O)N2CCCN(C(=O)C3CCCO3)CC2)ccn1C. The topological polar surface area (TPSA) is 54.8 Å². The number of aromatic nitrogens is 1. The van der Waals surface area contributed by atoms with Gasteiger partial charge in [-0.1, -0.05) is 0 Å². The molecule has 2 amide bonds. The van der Waals surface area contributed by atoms with E-state index < -0.39 is 0 Å². The van der Waals surface area contributed by atoms with Crippen LogP contribution in [0.5, 0.6) is 0 Å². The van der Waals surface area contributed by atoms with E-state index in [-0.39, 0.29) is 17.9 Å². The molecule has 3 heterocycles. The molecular weight excluding hydrogens is 294 g/mol. The maximum absolute atomic E-state index is 12.7. The van der Waals surface area contributed by atoms with Crippen LogP contribution in [0.4, 0.5) is 0 Å². The summed E-state index contributed by atoms with van der Waals surface area (Å²) in [6, 6.07) is 1.87. The van der Waals surface area contributed by atoms with Gasteiger partial charge in [-0.2, -0.15) is 0 Å². The maximum Gasteiger partial charge on any atom is 0.255 e. The summed E-state index contributed by atoms with van der Waals surface area (Å²) in [6.07, 6.45) is 4.24. The molecule has 6 nitrogen and oxygen atoms in total. The highest BCUT2D eigenvalue weighted by atomic mass is 16.5. The van der Waals surface area contributed by atoms with Crippen molar-refractivity contribution in [3.8, 4) is 0 Å². The first-order chi connectivity index (χ1) is 11.1. The number of rotatable bonds is 2. The molecule has 2 aliphatic heterocycles. The van der Waals surface area contributed by atoms with E-state index in [4.69, 9.17) is 4.74 Å². The summed E-state index contributed by atoms with van der Waals surface area (Å²) in [6.45, 7) is 5.22. The summed E-state index contributed by atoms with van der Waals surface area (Å²) >= 11 is 0. The van der Waals surface area contributed by atoms with Crippen LogP contribution in [-0.4, -0.2) is 65.1 Å². The molecule has 1 atom stereocenters. The molecule has 1 aromatic heterocycles. The standard InChI is InChI=1S/C17H25N3O3/c1-13-14(6-9-18(13)2)16(21)19-7-4-8-20(11-10-19)17(22)15-5-3-12-23-15/h6,9,15H,3-5,7-8,10-12H2,1-2H3. The Morgan fingerprint density at radius 1 is 1.13 bits per heavy atom. The monoisotopic (exact) mass is 319 g/mol. The molecule has 0 spiro atoms. The fraction of sp³-hybridized carbons (Fsp3) is 0.647. The smallest absolute Gasteiger partial charge is 0.255 e. The minimum atomic E-state index is -0.270. The van der Waals surface area contributed by atoms with Crippen LogP contribution < -0.4 is 0 Å². The van der Waals surface area contributed by atoms with Crippen molar-refractivity contribution < 1.29 is 14.3 Å². The van der Waals surface area contributed by atoms with Gasteiger partial charge in [0.05, 0.1) is 5.56 Å². The molecule has 0 radical (unpaired) electrons. The van der Waals surface area contributed by atoms with Gasteiger partial charge >= 0.3 is 0 Å². The van der Waals surface area contributed by atoms with Crippen molar-refractivity contribution >= 4 is 11.8 Å². The maximum atomic E-state index is 12.7. The molecule has 1 aromatic rings. The molecule has 1 unspecified atom stereocenters. The third kappa shape index (κ3) is 3.27. The number of ether oxygens (including phenoxy) is 1. The zero-order valence-electron chi connectivity index (χ0n) is 14.0. The van der Waals surface area contributed by atoms with Crippen molar-refractivity contribution in [1.82, 2.24) is 14.4 Å². The van der Waals surface area contributed by atoms with Crippen LogP contribution in [0.1, 0.15) is 35.3 Å². The third-order valence-corrected chi connectivity index (χ3v) is 4.91. The van der Waals surface area contributed by atoms with Gasteiger partial charge in [-0.25, -0.2) is 0 Å². The highest BCUT2D eigenvalue weighted by Gasteiger charge is 2.30. The number of nitrogens with zero attached hydrogens (tertiary/aromatic N) is 3. The molecule has 2 aliphatic rings. The van der Waals surface area contributed by atoms with E-state index in [1.165, 1.54) is 0 Å². The Morgan fingerprint density at radius 3 is 2.52 bits per heavy atom. The van der Waals surface area contributed by atoms with Gasteiger partial charge in [0.15, 0.2) is 0 Å². The van der Waals surface area contributed by atoms with Gasteiger partial charge in [-0.15, -0.1) is 0 Å². The van der Waals surface area contributed by atoms with Gasteiger partial charge in [0.1, 0.15) is 6.10 Å².